The summed E-state index contributed by atoms with van der Waals surface area (Å²) < 4.78 is 0. The van der Waals surface area contributed by atoms with Crippen LogP contribution in [-0.4, -0.2) is 26.5 Å². The normalized spacial score (nSPS) is 11.8. The Hall–Kier alpha value is -2.74. The lowest BCUT2D eigenvalue weighted by molar-refractivity contribution is -0.383. The molecule has 0 aliphatic carbocycles. The molecule has 1 unspecified atom stereocenters. The number of nitrogen functional groups attached to an aromatic ring is 1. The van der Waals surface area contributed by atoms with E-state index >= 15 is 0 Å². The van der Waals surface area contributed by atoms with Crippen molar-refractivity contribution in [2.45, 2.75) is 6.10 Å². The van der Waals surface area contributed by atoms with Crippen molar-refractivity contribution in [3.63, 3.8) is 0 Å². The molecule has 2 aromatic rings. The highest BCUT2D eigenvalue weighted by molar-refractivity contribution is 5.67. The minimum atomic E-state index is -0.813. The summed E-state index contributed by atoms with van der Waals surface area (Å²) in [6, 6.07) is 8.94. The van der Waals surface area contributed by atoms with Gasteiger partial charge in [0.05, 0.1) is 11.0 Å². The van der Waals surface area contributed by atoms with Gasteiger partial charge in [-0.3, -0.25) is 10.1 Å². The minimum absolute atomic E-state index is 0.0162. The summed E-state index contributed by atoms with van der Waals surface area (Å²) in [6.45, 7) is 0.0707. The molecule has 1 aromatic carbocycles. The topological polar surface area (TPSA) is 127 Å². The van der Waals surface area contributed by atoms with Crippen LogP contribution >= 0.6 is 0 Å². The minimum Gasteiger partial charge on any atom is -0.387 e. The molecule has 4 N–H and O–H groups in total. The number of nitrogens with zero attached hydrogens (tertiary/aromatic N) is 3. The molecule has 20 heavy (non-hydrogen) atoms. The van der Waals surface area contributed by atoms with Gasteiger partial charge in [-0.05, 0) is 5.56 Å². The number of aliphatic hydroxyl groups excluding tert-OH is 1. The van der Waals surface area contributed by atoms with Crippen LogP contribution in [0.1, 0.15) is 11.7 Å². The van der Waals surface area contributed by atoms with Gasteiger partial charge in [0.25, 0.3) is 0 Å². The Kier molecular flexibility index (Phi) is 4.06. The maximum absolute atomic E-state index is 10.9. The predicted molar refractivity (Wildman–Crippen MR) is 73.0 cm³/mol. The van der Waals surface area contributed by atoms with E-state index in [0.29, 0.717) is 5.56 Å². The van der Waals surface area contributed by atoms with Gasteiger partial charge in [-0.1, -0.05) is 30.3 Å². The molecule has 0 bridgehead atoms. The molecule has 0 radical (unpaired) electrons. The molecule has 1 atom stereocenters. The van der Waals surface area contributed by atoms with Gasteiger partial charge >= 0.3 is 5.69 Å². The summed E-state index contributed by atoms with van der Waals surface area (Å²) in [5.41, 5.74) is 5.75. The second kappa shape index (κ2) is 5.93. The molecule has 0 aliphatic heterocycles. The van der Waals surface area contributed by atoms with Gasteiger partial charge in [-0.25, -0.2) is 9.97 Å². The number of hydrogen-bond donors (Lipinski definition) is 3. The van der Waals surface area contributed by atoms with E-state index in [1.54, 1.807) is 24.3 Å². The molecule has 0 amide bonds. The van der Waals surface area contributed by atoms with Crippen LogP contribution in [0, 0.1) is 10.1 Å². The average molecular weight is 275 g/mol. The molecular formula is C12H13N5O3. The standard InChI is InChI=1S/C12H13N5O3/c13-11-10(17(19)20)12(16-7-15-11)14-6-9(18)8-4-2-1-3-5-8/h1-5,7,9,18H,6H2,(H3,13,14,15,16). The van der Waals surface area contributed by atoms with E-state index in [1.165, 1.54) is 0 Å². The fourth-order valence-electron chi connectivity index (χ4n) is 1.69. The van der Waals surface area contributed by atoms with Crippen molar-refractivity contribution in [2.24, 2.45) is 0 Å². The lowest BCUT2D eigenvalue weighted by atomic mass is 10.1. The number of nitro groups is 1. The van der Waals surface area contributed by atoms with Gasteiger partial charge in [0, 0.05) is 6.54 Å². The number of nitrogens with one attached hydrogen (secondary N) is 1. The lowest BCUT2D eigenvalue weighted by Crippen LogP contribution is -2.15. The number of rotatable bonds is 5. The number of aromatic nitrogens is 2. The Morgan fingerprint density at radius 2 is 2.05 bits per heavy atom. The Morgan fingerprint density at radius 1 is 1.35 bits per heavy atom. The van der Waals surface area contributed by atoms with E-state index in [4.69, 9.17) is 5.73 Å². The lowest BCUT2D eigenvalue weighted by Gasteiger charge is -2.12. The summed E-state index contributed by atoms with van der Waals surface area (Å²) in [7, 11) is 0. The van der Waals surface area contributed by atoms with Crippen LogP contribution in [0.25, 0.3) is 0 Å². The van der Waals surface area contributed by atoms with Crippen molar-refractivity contribution in [3.8, 4) is 0 Å². The van der Waals surface area contributed by atoms with Crippen LogP contribution in [0.3, 0.4) is 0 Å². The van der Waals surface area contributed by atoms with Crippen LogP contribution in [0.15, 0.2) is 36.7 Å². The number of aliphatic hydroxyl groups is 1. The molecule has 8 nitrogen and oxygen atoms in total. The molecular weight excluding hydrogens is 262 g/mol. The van der Waals surface area contributed by atoms with Crippen LogP contribution in [0.4, 0.5) is 17.3 Å². The van der Waals surface area contributed by atoms with Crippen LogP contribution in [0.5, 0.6) is 0 Å². The van der Waals surface area contributed by atoms with Gasteiger partial charge in [-0.2, -0.15) is 0 Å². The third-order valence-corrected chi connectivity index (χ3v) is 2.68. The van der Waals surface area contributed by atoms with E-state index in [2.05, 4.69) is 15.3 Å². The Balaban J connectivity index is 2.12. The summed E-state index contributed by atoms with van der Waals surface area (Å²) >= 11 is 0. The van der Waals surface area contributed by atoms with Crippen LogP contribution in [0.2, 0.25) is 0 Å². The number of nitrogens with two attached hydrogens (primary N) is 1. The molecule has 1 heterocycles. The maximum Gasteiger partial charge on any atom is 0.352 e. The summed E-state index contributed by atoms with van der Waals surface area (Å²) in [5.74, 6) is -0.237. The zero-order valence-corrected chi connectivity index (χ0v) is 10.4. The van der Waals surface area contributed by atoms with Crippen molar-refractivity contribution < 1.29 is 10.0 Å². The van der Waals surface area contributed by atoms with E-state index in [-0.39, 0.29) is 18.2 Å². The first-order chi connectivity index (χ1) is 9.59. The first-order valence-corrected chi connectivity index (χ1v) is 5.81. The van der Waals surface area contributed by atoms with Crippen LogP contribution < -0.4 is 11.1 Å². The fourth-order valence-corrected chi connectivity index (χ4v) is 1.69. The van der Waals surface area contributed by atoms with Gasteiger partial charge in [0.1, 0.15) is 6.33 Å². The summed E-state index contributed by atoms with van der Waals surface area (Å²) in [6.07, 6.45) is 0.312. The highest BCUT2D eigenvalue weighted by atomic mass is 16.6. The molecule has 0 saturated heterocycles. The van der Waals surface area contributed by atoms with Crippen molar-refractivity contribution in [1.29, 1.82) is 0 Å². The van der Waals surface area contributed by atoms with Gasteiger partial charge in [0.2, 0.25) is 11.6 Å². The smallest absolute Gasteiger partial charge is 0.352 e. The van der Waals surface area contributed by atoms with E-state index in [0.717, 1.165) is 6.33 Å². The Bertz CT molecular complexity index is 605. The van der Waals surface area contributed by atoms with Gasteiger partial charge in [-0.15, -0.1) is 0 Å². The monoisotopic (exact) mass is 275 g/mol. The first-order valence-electron chi connectivity index (χ1n) is 5.81. The molecule has 0 spiro atoms. The second-order valence-electron chi connectivity index (χ2n) is 4.02. The van der Waals surface area contributed by atoms with Gasteiger partial charge < -0.3 is 16.2 Å². The quantitative estimate of drug-likeness (QED) is 0.551. The van der Waals surface area contributed by atoms with E-state index in [1.807, 2.05) is 6.07 Å². The van der Waals surface area contributed by atoms with Gasteiger partial charge in [0.15, 0.2) is 0 Å². The molecule has 0 aliphatic rings. The first kappa shape index (κ1) is 13.7. The molecule has 1 aromatic heterocycles. The molecule has 2 rings (SSSR count). The molecule has 0 saturated carbocycles. The Morgan fingerprint density at radius 3 is 2.70 bits per heavy atom. The Labute approximate surface area is 114 Å². The van der Waals surface area contributed by atoms with E-state index in [9.17, 15) is 15.2 Å². The number of hydrogen-bond acceptors (Lipinski definition) is 7. The zero-order valence-electron chi connectivity index (χ0n) is 10.4. The van der Waals surface area contributed by atoms with Crippen molar-refractivity contribution in [1.82, 2.24) is 9.97 Å². The highest BCUT2D eigenvalue weighted by Gasteiger charge is 2.21. The third-order valence-electron chi connectivity index (χ3n) is 2.68. The molecule has 8 heteroatoms. The second-order valence-corrected chi connectivity index (χ2v) is 4.02. The highest BCUT2D eigenvalue weighted by Crippen LogP contribution is 2.26. The number of benzene rings is 1. The van der Waals surface area contributed by atoms with Crippen molar-refractivity contribution in [2.75, 3.05) is 17.6 Å². The van der Waals surface area contributed by atoms with Crippen molar-refractivity contribution >= 4 is 17.3 Å². The SMILES string of the molecule is Nc1ncnc(NCC(O)c2ccccc2)c1[N+](=O)[O-]. The van der Waals surface area contributed by atoms with E-state index < -0.39 is 16.7 Å². The summed E-state index contributed by atoms with van der Waals surface area (Å²) in [5, 5.41) is 23.6. The fraction of sp³-hybridized carbons (Fsp3) is 0.167. The van der Waals surface area contributed by atoms with Crippen LogP contribution in [-0.2, 0) is 0 Å². The predicted octanol–water partition coefficient (Wildman–Crippen LogP) is 1.11. The summed E-state index contributed by atoms with van der Waals surface area (Å²) in [4.78, 5) is 17.6. The third kappa shape index (κ3) is 2.98. The maximum atomic E-state index is 10.9. The molecule has 0 fully saturated rings. The zero-order chi connectivity index (χ0) is 14.5. The van der Waals surface area contributed by atoms with Crippen molar-refractivity contribution in [3.05, 3.63) is 52.3 Å². The molecule has 104 valence electrons. The average Bonchev–Trinajstić information content (AvgIpc) is 2.45. The largest absolute Gasteiger partial charge is 0.387 e. The number of anilines is 2.